The topological polar surface area (TPSA) is 61.9 Å². The first-order chi connectivity index (χ1) is 10.1. The summed E-state index contributed by atoms with van der Waals surface area (Å²) >= 11 is 0. The van der Waals surface area contributed by atoms with Gasteiger partial charge in [-0.2, -0.15) is 0 Å². The number of carbonyl (C=O) groups excluding carboxylic acids is 2. The Balaban J connectivity index is 1.83. The number of nitrogens with one attached hydrogen (secondary N) is 1. The third-order valence-corrected chi connectivity index (χ3v) is 3.51. The molecule has 114 valence electrons. The van der Waals surface area contributed by atoms with Crippen LogP contribution in [0.2, 0.25) is 0 Å². The molecule has 0 aliphatic carbocycles. The van der Waals surface area contributed by atoms with E-state index in [1.807, 2.05) is 6.07 Å². The smallest absolute Gasteiger partial charge is 0.410 e. The van der Waals surface area contributed by atoms with Gasteiger partial charge >= 0.3 is 6.09 Å². The van der Waals surface area contributed by atoms with Crippen LogP contribution < -0.4 is 10.2 Å². The average Bonchev–Trinajstić information content (AvgIpc) is 2.52. The van der Waals surface area contributed by atoms with Crippen LogP contribution in [0.25, 0.3) is 0 Å². The molecule has 6 nitrogen and oxygen atoms in total. The Kier molecular flexibility index (Phi) is 5.03. The van der Waals surface area contributed by atoms with Crippen LogP contribution in [-0.4, -0.2) is 56.7 Å². The second-order valence-corrected chi connectivity index (χ2v) is 5.04. The van der Waals surface area contributed by atoms with Crippen molar-refractivity contribution in [2.75, 3.05) is 44.7 Å². The highest BCUT2D eigenvalue weighted by Gasteiger charge is 2.22. The number of likely N-dealkylation sites (N-methyl/N-ethyl adjacent to an activating group) is 1. The van der Waals surface area contributed by atoms with Gasteiger partial charge in [-0.05, 0) is 24.6 Å². The molecule has 1 fully saturated rings. The fraction of sp³-hybridized carbons (Fsp3) is 0.467. The van der Waals surface area contributed by atoms with Crippen LogP contribution in [0.5, 0.6) is 0 Å². The molecule has 1 saturated heterocycles. The molecule has 1 aromatic carbocycles. The molecule has 1 N–H and O–H groups in total. The summed E-state index contributed by atoms with van der Waals surface area (Å²) in [6, 6.07) is 8.32. The van der Waals surface area contributed by atoms with E-state index in [9.17, 15) is 9.59 Å². The van der Waals surface area contributed by atoms with Crippen LogP contribution in [-0.2, 0) is 9.53 Å². The molecule has 0 radical (unpaired) electrons. The molecule has 0 unspecified atom stereocenters. The monoisotopic (exact) mass is 291 g/mol. The molecule has 0 bridgehead atoms. The minimum Gasteiger partial charge on any atom is -0.439 e. The van der Waals surface area contributed by atoms with E-state index in [4.69, 9.17) is 4.74 Å². The molecular formula is C15H21N3O3. The summed E-state index contributed by atoms with van der Waals surface area (Å²) in [5.74, 6) is -0.304. The highest BCUT2D eigenvalue weighted by atomic mass is 16.6. The highest BCUT2D eigenvalue weighted by Crippen LogP contribution is 2.17. The van der Waals surface area contributed by atoms with Crippen molar-refractivity contribution in [1.29, 1.82) is 0 Å². The molecule has 0 aromatic heterocycles. The minimum atomic E-state index is -0.428. The molecule has 21 heavy (non-hydrogen) atoms. The number of amides is 2. The molecule has 1 heterocycles. The molecule has 0 atom stereocenters. The van der Waals surface area contributed by atoms with E-state index in [1.54, 1.807) is 4.90 Å². The Hall–Kier alpha value is -2.24. The molecule has 1 aromatic rings. The van der Waals surface area contributed by atoms with Crippen molar-refractivity contribution in [1.82, 2.24) is 10.2 Å². The van der Waals surface area contributed by atoms with E-state index in [-0.39, 0.29) is 12.5 Å². The SMILES string of the molecule is CNC(=O)COC(=O)N1CCN(c2cccc(C)c2)CC1. The standard InChI is InChI=1S/C15H21N3O3/c1-12-4-3-5-13(10-12)17-6-8-18(9-7-17)15(20)21-11-14(19)16-2/h3-5,10H,6-9,11H2,1-2H3,(H,16,19). The van der Waals surface area contributed by atoms with Crippen molar-refractivity contribution >= 4 is 17.7 Å². The maximum atomic E-state index is 11.8. The molecule has 0 saturated carbocycles. The number of anilines is 1. The summed E-state index contributed by atoms with van der Waals surface area (Å²) in [5, 5.41) is 2.41. The van der Waals surface area contributed by atoms with Gasteiger partial charge in [0.2, 0.25) is 0 Å². The zero-order valence-electron chi connectivity index (χ0n) is 12.5. The molecule has 2 rings (SSSR count). The molecule has 1 aliphatic rings. The predicted molar refractivity (Wildman–Crippen MR) is 80.4 cm³/mol. The van der Waals surface area contributed by atoms with E-state index < -0.39 is 6.09 Å². The van der Waals surface area contributed by atoms with E-state index in [2.05, 4.69) is 35.3 Å². The lowest BCUT2D eigenvalue weighted by Crippen LogP contribution is -2.49. The molecular weight excluding hydrogens is 270 g/mol. The summed E-state index contributed by atoms with van der Waals surface area (Å²) < 4.78 is 4.95. The predicted octanol–water partition coefficient (Wildman–Crippen LogP) is 1.000. The van der Waals surface area contributed by atoms with Gasteiger partial charge in [0.1, 0.15) is 0 Å². The van der Waals surface area contributed by atoms with E-state index in [0.717, 1.165) is 13.1 Å². The van der Waals surface area contributed by atoms with Gasteiger partial charge < -0.3 is 19.9 Å². The van der Waals surface area contributed by atoms with Crippen LogP contribution in [0.3, 0.4) is 0 Å². The van der Waals surface area contributed by atoms with Crippen molar-refractivity contribution < 1.29 is 14.3 Å². The Morgan fingerprint density at radius 2 is 1.95 bits per heavy atom. The summed E-state index contributed by atoms with van der Waals surface area (Å²) in [4.78, 5) is 26.8. The summed E-state index contributed by atoms with van der Waals surface area (Å²) in [6.07, 6.45) is -0.428. The van der Waals surface area contributed by atoms with E-state index in [1.165, 1.54) is 18.3 Å². The zero-order valence-corrected chi connectivity index (χ0v) is 12.5. The van der Waals surface area contributed by atoms with Crippen molar-refractivity contribution in [3.8, 4) is 0 Å². The first-order valence-corrected chi connectivity index (χ1v) is 7.04. The fourth-order valence-electron chi connectivity index (χ4n) is 2.26. The van der Waals surface area contributed by atoms with Crippen LogP contribution >= 0.6 is 0 Å². The van der Waals surface area contributed by atoms with Crippen molar-refractivity contribution in [3.05, 3.63) is 29.8 Å². The van der Waals surface area contributed by atoms with Crippen LogP contribution in [0, 0.1) is 6.92 Å². The molecule has 0 spiro atoms. The van der Waals surface area contributed by atoms with Gasteiger partial charge in [0.15, 0.2) is 6.61 Å². The van der Waals surface area contributed by atoms with Crippen molar-refractivity contribution in [2.45, 2.75) is 6.92 Å². The number of benzene rings is 1. The Bertz CT molecular complexity index is 511. The molecule has 2 amide bonds. The number of aryl methyl sites for hydroxylation is 1. The number of piperazine rings is 1. The third-order valence-electron chi connectivity index (χ3n) is 3.51. The van der Waals surface area contributed by atoms with Crippen LogP contribution in [0.1, 0.15) is 5.56 Å². The molecule has 1 aliphatic heterocycles. The van der Waals surface area contributed by atoms with Gasteiger partial charge in [-0.15, -0.1) is 0 Å². The van der Waals surface area contributed by atoms with Gasteiger partial charge in [0, 0.05) is 38.9 Å². The lowest BCUT2D eigenvalue weighted by Gasteiger charge is -2.35. The number of rotatable bonds is 3. The highest BCUT2D eigenvalue weighted by molar-refractivity contribution is 5.79. The van der Waals surface area contributed by atoms with Crippen molar-refractivity contribution in [2.24, 2.45) is 0 Å². The second kappa shape index (κ2) is 6.97. The Morgan fingerprint density at radius 3 is 2.57 bits per heavy atom. The number of nitrogens with zero attached hydrogens (tertiary/aromatic N) is 2. The third kappa shape index (κ3) is 4.11. The lowest BCUT2D eigenvalue weighted by molar-refractivity contribution is -0.123. The Morgan fingerprint density at radius 1 is 1.24 bits per heavy atom. The molecule has 6 heteroatoms. The number of carbonyl (C=O) groups is 2. The zero-order chi connectivity index (χ0) is 15.2. The van der Waals surface area contributed by atoms with Crippen LogP contribution in [0.15, 0.2) is 24.3 Å². The summed E-state index contributed by atoms with van der Waals surface area (Å²) in [7, 11) is 1.51. The maximum absolute atomic E-state index is 11.8. The van der Waals surface area contributed by atoms with Gasteiger partial charge in [-0.25, -0.2) is 4.79 Å². The maximum Gasteiger partial charge on any atom is 0.410 e. The summed E-state index contributed by atoms with van der Waals surface area (Å²) in [6.45, 7) is 4.56. The summed E-state index contributed by atoms with van der Waals surface area (Å²) in [5.41, 5.74) is 2.40. The normalized spacial score (nSPS) is 14.8. The second-order valence-electron chi connectivity index (χ2n) is 5.04. The minimum absolute atomic E-state index is 0.229. The van der Waals surface area contributed by atoms with Crippen molar-refractivity contribution in [3.63, 3.8) is 0 Å². The quantitative estimate of drug-likeness (QED) is 0.902. The first kappa shape index (κ1) is 15.2. The van der Waals surface area contributed by atoms with Crippen LogP contribution in [0.4, 0.5) is 10.5 Å². The number of hydrogen-bond donors (Lipinski definition) is 1. The lowest BCUT2D eigenvalue weighted by atomic mass is 10.2. The first-order valence-electron chi connectivity index (χ1n) is 7.04. The average molecular weight is 291 g/mol. The van der Waals surface area contributed by atoms with E-state index >= 15 is 0 Å². The van der Waals surface area contributed by atoms with E-state index in [0.29, 0.717) is 13.1 Å². The van der Waals surface area contributed by atoms with Gasteiger partial charge in [-0.1, -0.05) is 12.1 Å². The van der Waals surface area contributed by atoms with Gasteiger partial charge in [-0.3, -0.25) is 4.79 Å². The largest absolute Gasteiger partial charge is 0.439 e. The fourth-order valence-corrected chi connectivity index (χ4v) is 2.26. The number of ether oxygens (including phenoxy) is 1. The van der Waals surface area contributed by atoms with Gasteiger partial charge in [0.05, 0.1) is 0 Å². The Labute approximate surface area is 124 Å². The number of hydrogen-bond acceptors (Lipinski definition) is 4. The van der Waals surface area contributed by atoms with Gasteiger partial charge in [0.25, 0.3) is 5.91 Å².